The number of alkyl halides is 1. The van der Waals surface area contributed by atoms with Crippen LogP contribution in [0, 0.1) is 0 Å². The highest BCUT2D eigenvalue weighted by atomic mass is 79.9. The zero-order valence-corrected chi connectivity index (χ0v) is 14.1. The molecule has 0 N–H and O–H groups in total. The standard InChI is InChI=1S/C14H14Br2N2O2/c1-2-20-14(19)13-9-12(17-18(13)8-7-15)10-3-5-11(16)6-4-10/h3-6,9H,2,7-8H2,1H3. The van der Waals surface area contributed by atoms with Crippen LogP contribution in [0.2, 0.25) is 0 Å². The summed E-state index contributed by atoms with van der Waals surface area (Å²) in [4.78, 5) is 11.9. The van der Waals surface area contributed by atoms with E-state index >= 15 is 0 Å². The van der Waals surface area contributed by atoms with Crippen LogP contribution in [0.3, 0.4) is 0 Å². The molecule has 2 aromatic rings. The van der Waals surface area contributed by atoms with Crippen LogP contribution in [0.25, 0.3) is 11.3 Å². The molecule has 6 heteroatoms. The van der Waals surface area contributed by atoms with Gasteiger partial charge >= 0.3 is 5.97 Å². The maximum atomic E-state index is 11.9. The Balaban J connectivity index is 2.37. The summed E-state index contributed by atoms with van der Waals surface area (Å²) in [6.07, 6.45) is 0. The van der Waals surface area contributed by atoms with Gasteiger partial charge in [-0.15, -0.1) is 0 Å². The quantitative estimate of drug-likeness (QED) is 0.564. The monoisotopic (exact) mass is 400 g/mol. The molecular weight excluding hydrogens is 388 g/mol. The molecule has 106 valence electrons. The number of benzene rings is 1. The lowest BCUT2D eigenvalue weighted by atomic mass is 10.1. The van der Waals surface area contributed by atoms with Gasteiger partial charge in [-0.1, -0.05) is 44.0 Å². The Morgan fingerprint density at radius 3 is 2.65 bits per heavy atom. The molecular formula is C14H14Br2N2O2. The van der Waals surface area contributed by atoms with E-state index in [0.29, 0.717) is 18.8 Å². The van der Waals surface area contributed by atoms with Crippen molar-refractivity contribution >= 4 is 37.8 Å². The third-order valence-corrected chi connectivity index (χ3v) is 3.58. The van der Waals surface area contributed by atoms with Gasteiger partial charge in [-0.05, 0) is 25.1 Å². The Kier molecular flexibility index (Phi) is 5.37. The molecule has 0 spiro atoms. The molecule has 0 unspecified atom stereocenters. The molecule has 1 aromatic heterocycles. The second kappa shape index (κ2) is 7.04. The highest BCUT2D eigenvalue weighted by Gasteiger charge is 2.16. The van der Waals surface area contributed by atoms with Crippen LogP contribution < -0.4 is 0 Å². The normalized spacial score (nSPS) is 10.6. The first kappa shape index (κ1) is 15.3. The molecule has 4 nitrogen and oxygen atoms in total. The smallest absolute Gasteiger partial charge is 0.356 e. The van der Waals surface area contributed by atoms with Crippen molar-refractivity contribution in [3.63, 3.8) is 0 Å². The summed E-state index contributed by atoms with van der Waals surface area (Å²) in [6, 6.07) is 9.58. The van der Waals surface area contributed by atoms with Gasteiger partial charge in [0.2, 0.25) is 0 Å². The third kappa shape index (κ3) is 3.49. The van der Waals surface area contributed by atoms with Crippen LogP contribution >= 0.6 is 31.9 Å². The minimum atomic E-state index is -0.343. The van der Waals surface area contributed by atoms with Gasteiger partial charge in [0, 0.05) is 15.4 Å². The van der Waals surface area contributed by atoms with Crippen LogP contribution in [0.4, 0.5) is 0 Å². The Labute approximate surface area is 134 Å². The molecule has 2 rings (SSSR count). The summed E-state index contributed by atoms with van der Waals surface area (Å²) in [5.41, 5.74) is 2.21. The van der Waals surface area contributed by atoms with Gasteiger partial charge in [-0.25, -0.2) is 4.79 Å². The lowest BCUT2D eigenvalue weighted by Crippen LogP contribution is -2.13. The highest BCUT2D eigenvalue weighted by Crippen LogP contribution is 2.22. The van der Waals surface area contributed by atoms with Crippen molar-refractivity contribution < 1.29 is 9.53 Å². The molecule has 1 heterocycles. The van der Waals surface area contributed by atoms with E-state index in [9.17, 15) is 4.79 Å². The van der Waals surface area contributed by atoms with Crippen LogP contribution in [0.15, 0.2) is 34.8 Å². The van der Waals surface area contributed by atoms with Crippen LogP contribution in [0.5, 0.6) is 0 Å². The largest absolute Gasteiger partial charge is 0.461 e. The summed E-state index contributed by atoms with van der Waals surface area (Å²) >= 11 is 6.76. The SMILES string of the molecule is CCOC(=O)c1cc(-c2ccc(Br)cc2)nn1CCBr. The number of carbonyl (C=O) groups is 1. The van der Waals surface area contributed by atoms with Crippen molar-refractivity contribution in [2.45, 2.75) is 13.5 Å². The van der Waals surface area contributed by atoms with E-state index in [-0.39, 0.29) is 5.97 Å². The molecule has 0 fully saturated rings. The summed E-state index contributed by atoms with van der Waals surface area (Å²) in [5.74, 6) is -0.343. The lowest BCUT2D eigenvalue weighted by molar-refractivity contribution is 0.0512. The van der Waals surface area contributed by atoms with E-state index in [2.05, 4.69) is 37.0 Å². The van der Waals surface area contributed by atoms with Gasteiger partial charge in [0.1, 0.15) is 5.69 Å². The highest BCUT2D eigenvalue weighted by molar-refractivity contribution is 9.10. The first-order chi connectivity index (χ1) is 9.65. The number of esters is 1. The van der Waals surface area contributed by atoms with Gasteiger partial charge < -0.3 is 4.74 Å². The number of hydrogen-bond donors (Lipinski definition) is 0. The topological polar surface area (TPSA) is 44.1 Å². The summed E-state index contributed by atoms with van der Waals surface area (Å²) in [6.45, 7) is 2.76. The molecule has 20 heavy (non-hydrogen) atoms. The van der Waals surface area contributed by atoms with Gasteiger partial charge in [0.15, 0.2) is 0 Å². The maximum Gasteiger partial charge on any atom is 0.356 e. The predicted molar refractivity (Wildman–Crippen MR) is 85.1 cm³/mol. The predicted octanol–water partition coefficient (Wildman–Crippen LogP) is 3.88. The number of rotatable bonds is 5. The van der Waals surface area contributed by atoms with Gasteiger partial charge in [0.25, 0.3) is 0 Å². The number of ether oxygens (including phenoxy) is 1. The minimum absolute atomic E-state index is 0.343. The molecule has 0 aliphatic heterocycles. The van der Waals surface area contributed by atoms with Gasteiger partial charge in [-0.3, -0.25) is 4.68 Å². The second-order valence-corrected chi connectivity index (χ2v) is 5.76. The Morgan fingerprint density at radius 2 is 2.05 bits per heavy atom. The van der Waals surface area contributed by atoms with E-state index in [1.54, 1.807) is 17.7 Å². The van der Waals surface area contributed by atoms with Crippen LogP contribution in [-0.4, -0.2) is 27.7 Å². The molecule has 0 amide bonds. The van der Waals surface area contributed by atoms with E-state index in [4.69, 9.17) is 4.74 Å². The Bertz CT molecular complexity index is 594. The zero-order valence-electron chi connectivity index (χ0n) is 11.0. The molecule has 0 bridgehead atoms. The number of aryl methyl sites for hydroxylation is 1. The van der Waals surface area contributed by atoms with E-state index in [0.717, 1.165) is 21.1 Å². The first-order valence-corrected chi connectivity index (χ1v) is 8.14. The number of nitrogens with zero attached hydrogens (tertiary/aromatic N) is 2. The van der Waals surface area contributed by atoms with Crippen molar-refractivity contribution in [1.29, 1.82) is 0 Å². The molecule has 0 atom stereocenters. The van der Waals surface area contributed by atoms with Crippen LogP contribution in [-0.2, 0) is 11.3 Å². The van der Waals surface area contributed by atoms with E-state index < -0.39 is 0 Å². The average Bonchev–Trinajstić information content (AvgIpc) is 2.84. The fraction of sp³-hybridized carbons (Fsp3) is 0.286. The number of carbonyl (C=O) groups excluding carboxylic acids is 1. The summed E-state index contributed by atoms with van der Waals surface area (Å²) in [7, 11) is 0. The fourth-order valence-corrected chi connectivity index (χ4v) is 2.40. The molecule has 0 radical (unpaired) electrons. The Morgan fingerprint density at radius 1 is 1.35 bits per heavy atom. The van der Waals surface area contributed by atoms with Gasteiger partial charge in [0.05, 0.1) is 18.8 Å². The average molecular weight is 402 g/mol. The minimum Gasteiger partial charge on any atom is -0.461 e. The fourth-order valence-electron chi connectivity index (χ4n) is 1.80. The van der Waals surface area contributed by atoms with Crippen molar-refractivity contribution in [2.75, 3.05) is 11.9 Å². The zero-order chi connectivity index (χ0) is 14.5. The summed E-state index contributed by atoms with van der Waals surface area (Å²) in [5, 5.41) is 5.20. The van der Waals surface area contributed by atoms with Gasteiger partial charge in [-0.2, -0.15) is 5.10 Å². The molecule has 0 saturated carbocycles. The van der Waals surface area contributed by atoms with Crippen molar-refractivity contribution in [3.05, 3.63) is 40.5 Å². The number of aromatic nitrogens is 2. The van der Waals surface area contributed by atoms with Crippen molar-refractivity contribution in [2.24, 2.45) is 0 Å². The lowest BCUT2D eigenvalue weighted by Gasteiger charge is -2.04. The summed E-state index contributed by atoms with van der Waals surface area (Å²) < 4.78 is 7.74. The molecule has 1 aromatic carbocycles. The molecule has 0 aliphatic rings. The first-order valence-electron chi connectivity index (χ1n) is 6.22. The third-order valence-electron chi connectivity index (χ3n) is 2.70. The molecule has 0 aliphatic carbocycles. The van der Waals surface area contributed by atoms with E-state index in [1.165, 1.54) is 0 Å². The number of halogens is 2. The van der Waals surface area contributed by atoms with E-state index in [1.807, 2.05) is 24.3 Å². The maximum absolute atomic E-state index is 11.9. The number of hydrogen-bond acceptors (Lipinski definition) is 3. The molecule has 0 saturated heterocycles. The van der Waals surface area contributed by atoms with Crippen molar-refractivity contribution in [3.8, 4) is 11.3 Å². The Hall–Kier alpha value is -1.14. The second-order valence-electron chi connectivity index (χ2n) is 4.05. The van der Waals surface area contributed by atoms with Crippen LogP contribution in [0.1, 0.15) is 17.4 Å². The van der Waals surface area contributed by atoms with Crippen molar-refractivity contribution in [1.82, 2.24) is 9.78 Å².